The molecule has 1 saturated heterocycles. The molecule has 0 unspecified atom stereocenters. The summed E-state index contributed by atoms with van der Waals surface area (Å²) in [6.07, 6.45) is 3.51. The number of fused-ring (bicyclic) bond motifs is 1. The van der Waals surface area contributed by atoms with E-state index in [0.717, 1.165) is 48.3 Å². The second kappa shape index (κ2) is 6.29. The van der Waals surface area contributed by atoms with E-state index in [9.17, 15) is 4.79 Å². The quantitative estimate of drug-likeness (QED) is 0.707. The van der Waals surface area contributed by atoms with E-state index in [1.54, 1.807) is 4.57 Å². The van der Waals surface area contributed by atoms with Crippen molar-refractivity contribution >= 4 is 28.3 Å². The standard InChI is InChI=1S/C19H18ClN3O/c20-14-9-10-16-17(13-14)23(15-7-3-1-4-8-15)19(24)21-18(16)22-11-5-2-6-12-22/h1,3-4,7-10,13H,2,5-6,11-12H2. The molecule has 0 aliphatic carbocycles. The number of anilines is 1. The molecule has 2 aromatic carbocycles. The zero-order valence-corrected chi connectivity index (χ0v) is 14.0. The first-order valence-corrected chi connectivity index (χ1v) is 8.64. The number of aromatic nitrogens is 2. The van der Waals surface area contributed by atoms with Gasteiger partial charge in [-0.25, -0.2) is 4.79 Å². The van der Waals surface area contributed by atoms with E-state index in [2.05, 4.69) is 9.88 Å². The summed E-state index contributed by atoms with van der Waals surface area (Å²) in [4.78, 5) is 19.4. The van der Waals surface area contributed by atoms with Crippen LogP contribution in [-0.4, -0.2) is 22.6 Å². The number of hydrogen-bond acceptors (Lipinski definition) is 3. The van der Waals surface area contributed by atoms with Gasteiger partial charge in [0.05, 0.1) is 11.2 Å². The maximum atomic E-state index is 12.8. The fourth-order valence-electron chi connectivity index (χ4n) is 3.36. The maximum Gasteiger partial charge on any atom is 0.354 e. The number of nitrogens with zero attached hydrogens (tertiary/aromatic N) is 3. The van der Waals surface area contributed by atoms with Gasteiger partial charge in [-0.15, -0.1) is 0 Å². The van der Waals surface area contributed by atoms with Gasteiger partial charge in [-0.05, 0) is 49.6 Å². The molecule has 0 spiro atoms. The predicted molar refractivity (Wildman–Crippen MR) is 98.4 cm³/mol. The second-order valence-electron chi connectivity index (χ2n) is 6.10. The van der Waals surface area contributed by atoms with Crippen molar-refractivity contribution in [3.8, 4) is 5.69 Å². The van der Waals surface area contributed by atoms with Gasteiger partial charge in [-0.1, -0.05) is 29.8 Å². The smallest absolute Gasteiger partial charge is 0.354 e. The lowest BCUT2D eigenvalue weighted by Crippen LogP contribution is -2.33. The molecule has 0 atom stereocenters. The summed E-state index contributed by atoms with van der Waals surface area (Å²) in [6.45, 7) is 1.89. The van der Waals surface area contributed by atoms with Gasteiger partial charge >= 0.3 is 5.69 Å². The zero-order valence-electron chi connectivity index (χ0n) is 13.3. The van der Waals surface area contributed by atoms with Gasteiger partial charge in [0, 0.05) is 23.5 Å². The van der Waals surface area contributed by atoms with Gasteiger partial charge in [0.1, 0.15) is 5.82 Å². The Bertz CT molecular complexity index is 930. The van der Waals surface area contributed by atoms with Gasteiger partial charge in [0.15, 0.2) is 0 Å². The molecular weight excluding hydrogens is 322 g/mol. The van der Waals surface area contributed by atoms with Crippen molar-refractivity contribution in [2.24, 2.45) is 0 Å². The number of benzene rings is 2. The summed E-state index contributed by atoms with van der Waals surface area (Å²) in [5.74, 6) is 0.776. The van der Waals surface area contributed by atoms with E-state index in [0.29, 0.717) is 5.02 Å². The highest BCUT2D eigenvalue weighted by Gasteiger charge is 2.19. The van der Waals surface area contributed by atoms with E-state index in [4.69, 9.17) is 11.6 Å². The molecular formula is C19H18ClN3O. The third-order valence-corrected chi connectivity index (χ3v) is 4.74. The van der Waals surface area contributed by atoms with Crippen LogP contribution < -0.4 is 10.6 Å². The van der Waals surface area contributed by atoms with Crippen LogP contribution in [0, 0.1) is 0 Å². The molecule has 3 aromatic rings. The molecule has 24 heavy (non-hydrogen) atoms. The van der Waals surface area contributed by atoms with Crippen LogP contribution in [-0.2, 0) is 0 Å². The number of rotatable bonds is 2. The fraction of sp³-hybridized carbons (Fsp3) is 0.263. The summed E-state index contributed by atoms with van der Waals surface area (Å²) in [5.41, 5.74) is 1.33. The molecule has 0 saturated carbocycles. The molecule has 4 nitrogen and oxygen atoms in total. The summed E-state index contributed by atoms with van der Waals surface area (Å²) < 4.78 is 1.63. The molecule has 2 heterocycles. The predicted octanol–water partition coefficient (Wildman–Crippen LogP) is 4.03. The van der Waals surface area contributed by atoms with E-state index < -0.39 is 0 Å². The molecule has 1 aliphatic rings. The third kappa shape index (κ3) is 2.67. The highest BCUT2D eigenvalue weighted by molar-refractivity contribution is 6.31. The van der Waals surface area contributed by atoms with Crippen LogP contribution in [0.1, 0.15) is 19.3 Å². The van der Waals surface area contributed by atoms with Gasteiger partial charge in [-0.2, -0.15) is 4.98 Å². The fourth-order valence-corrected chi connectivity index (χ4v) is 3.52. The SMILES string of the molecule is O=c1nc(N2CCCCC2)c2ccc(Cl)cc2n1-c1ccccc1. The molecule has 1 aliphatic heterocycles. The Morgan fingerprint density at radius 2 is 1.71 bits per heavy atom. The third-order valence-electron chi connectivity index (χ3n) is 4.50. The van der Waals surface area contributed by atoms with E-state index >= 15 is 0 Å². The van der Waals surface area contributed by atoms with Crippen molar-refractivity contribution in [2.75, 3.05) is 18.0 Å². The highest BCUT2D eigenvalue weighted by atomic mass is 35.5. The average Bonchev–Trinajstić information content (AvgIpc) is 2.62. The van der Waals surface area contributed by atoms with Crippen LogP contribution in [0.2, 0.25) is 5.02 Å². The molecule has 0 N–H and O–H groups in total. The summed E-state index contributed by atoms with van der Waals surface area (Å²) in [6, 6.07) is 15.2. The van der Waals surface area contributed by atoms with E-state index in [-0.39, 0.29) is 5.69 Å². The van der Waals surface area contributed by atoms with Gasteiger partial charge in [0.2, 0.25) is 0 Å². The summed E-state index contributed by atoms with van der Waals surface area (Å²) in [5, 5.41) is 1.58. The number of para-hydroxylation sites is 1. The van der Waals surface area contributed by atoms with Crippen LogP contribution in [0.15, 0.2) is 53.3 Å². The second-order valence-corrected chi connectivity index (χ2v) is 6.53. The Morgan fingerprint density at radius 3 is 2.46 bits per heavy atom. The maximum absolute atomic E-state index is 12.8. The largest absolute Gasteiger partial charge is 0.356 e. The number of hydrogen-bond donors (Lipinski definition) is 0. The van der Waals surface area contributed by atoms with Crippen molar-refractivity contribution in [3.63, 3.8) is 0 Å². The van der Waals surface area contributed by atoms with Crippen molar-refractivity contribution in [1.82, 2.24) is 9.55 Å². The topological polar surface area (TPSA) is 38.1 Å². The Labute approximate surface area is 145 Å². The van der Waals surface area contributed by atoms with Crippen LogP contribution in [0.3, 0.4) is 0 Å². The lowest BCUT2D eigenvalue weighted by molar-refractivity contribution is 0.573. The molecule has 122 valence electrons. The number of piperidine rings is 1. The average molecular weight is 340 g/mol. The summed E-state index contributed by atoms with van der Waals surface area (Å²) >= 11 is 6.22. The minimum Gasteiger partial charge on any atom is -0.356 e. The molecule has 0 amide bonds. The summed E-state index contributed by atoms with van der Waals surface area (Å²) in [7, 11) is 0. The minimum atomic E-state index is -0.267. The normalized spacial score (nSPS) is 15.0. The molecule has 1 aromatic heterocycles. The van der Waals surface area contributed by atoms with Crippen LogP contribution in [0.4, 0.5) is 5.82 Å². The Balaban J connectivity index is 2.00. The Hall–Kier alpha value is -2.33. The molecule has 1 fully saturated rings. The lowest BCUT2D eigenvalue weighted by atomic mass is 10.1. The number of halogens is 1. The van der Waals surface area contributed by atoms with E-state index in [1.165, 1.54) is 6.42 Å². The molecule has 5 heteroatoms. The van der Waals surface area contributed by atoms with Crippen LogP contribution in [0.5, 0.6) is 0 Å². The van der Waals surface area contributed by atoms with Crippen molar-refractivity contribution in [3.05, 3.63) is 64.0 Å². The van der Waals surface area contributed by atoms with Crippen molar-refractivity contribution in [1.29, 1.82) is 0 Å². The molecule has 0 bridgehead atoms. The van der Waals surface area contributed by atoms with Gasteiger partial charge in [0.25, 0.3) is 0 Å². The first-order valence-electron chi connectivity index (χ1n) is 8.27. The lowest BCUT2D eigenvalue weighted by Gasteiger charge is -2.29. The minimum absolute atomic E-state index is 0.267. The Kier molecular flexibility index (Phi) is 3.98. The van der Waals surface area contributed by atoms with Gasteiger partial charge < -0.3 is 4.90 Å². The van der Waals surface area contributed by atoms with Crippen LogP contribution in [0.25, 0.3) is 16.6 Å². The zero-order chi connectivity index (χ0) is 16.5. The monoisotopic (exact) mass is 339 g/mol. The molecule has 4 rings (SSSR count). The first-order chi connectivity index (χ1) is 11.7. The highest BCUT2D eigenvalue weighted by Crippen LogP contribution is 2.29. The van der Waals surface area contributed by atoms with Crippen molar-refractivity contribution in [2.45, 2.75) is 19.3 Å². The molecule has 0 radical (unpaired) electrons. The first kappa shape index (κ1) is 15.2. The van der Waals surface area contributed by atoms with E-state index in [1.807, 2.05) is 48.5 Å². The van der Waals surface area contributed by atoms with Gasteiger partial charge in [-0.3, -0.25) is 4.57 Å². The van der Waals surface area contributed by atoms with Crippen molar-refractivity contribution < 1.29 is 0 Å². The Morgan fingerprint density at radius 1 is 0.958 bits per heavy atom. The van der Waals surface area contributed by atoms with Crippen LogP contribution >= 0.6 is 11.6 Å².